The summed E-state index contributed by atoms with van der Waals surface area (Å²) >= 11 is 0. The standard InChI is InChI=1S/C28H28N2O4/c1-33-25-12-6-21(7-13-25)10-16-27(31)29-19-23-4-3-5-24(18-23)20-30-28(32)17-11-22-8-14-26(34-2)15-9-22/h3-18H,19-20H2,1-2H3,(H,29,31)(H,30,32). The molecule has 34 heavy (non-hydrogen) atoms. The fraction of sp³-hybridized carbons (Fsp3) is 0.143. The highest BCUT2D eigenvalue weighted by Gasteiger charge is 2.01. The van der Waals surface area contributed by atoms with Gasteiger partial charge in [-0.15, -0.1) is 0 Å². The molecule has 3 aromatic rings. The molecule has 0 aliphatic carbocycles. The topological polar surface area (TPSA) is 76.7 Å². The van der Waals surface area contributed by atoms with E-state index >= 15 is 0 Å². The molecule has 0 bridgehead atoms. The molecule has 6 nitrogen and oxygen atoms in total. The number of ether oxygens (including phenoxy) is 2. The quantitative estimate of drug-likeness (QED) is 0.445. The number of benzene rings is 3. The van der Waals surface area contributed by atoms with Gasteiger partial charge in [-0.2, -0.15) is 0 Å². The zero-order valence-electron chi connectivity index (χ0n) is 19.3. The van der Waals surface area contributed by atoms with Crippen molar-refractivity contribution in [2.45, 2.75) is 13.1 Å². The molecule has 0 aliphatic rings. The lowest BCUT2D eigenvalue weighted by Gasteiger charge is -2.07. The van der Waals surface area contributed by atoms with Crippen LogP contribution < -0.4 is 20.1 Å². The van der Waals surface area contributed by atoms with Gasteiger partial charge in [0.1, 0.15) is 11.5 Å². The normalized spacial score (nSPS) is 10.9. The van der Waals surface area contributed by atoms with E-state index in [1.807, 2.05) is 72.8 Å². The first-order valence-electron chi connectivity index (χ1n) is 10.8. The summed E-state index contributed by atoms with van der Waals surface area (Å²) in [6, 6.07) is 22.6. The first-order valence-corrected chi connectivity index (χ1v) is 10.8. The SMILES string of the molecule is COc1ccc(C=CC(=O)NCc2cccc(CNC(=O)C=Cc3ccc(OC)cc3)c2)cc1. The van der Waals surface area contributed by atoms with Crippen LogP contribution in [0.25, 0.3) is 12.2 Å². The molecule has 2 amide bonds. The van der Waals surface area contributed by atoms with Gasteiger partial charge < -0.3 is 20.1 Å². The van der Waals surface area contributed by atoms with Crippen molar-refractivity contribution in [1.82, 2.24) is 10.6 Å². The fourth-order valence-electron chi connectivity index (χ4n) is 3.12. The minimum absolute atomic E-state index is 0.182. The summed E-state index contributed by atoms with van der Waals surface area (Å²) in [5, 5.41) is 5.75. The van der Waals surface area contributed by atoms with Crippen molar-refractivity contribution >= 4 is 24.0 Å². The number of hydrogen-bond acceptors (Lipinski definition) is 4. The van der Waals surface area contributed by atoms with E-state index in [9.17, 15) is 9.59 Å². The molecular weight excluding hydrogens is 428 g/mol. The van der Waals surface area contributed by atoms with Crippen LogP contribution in [0.2, 0.25) is 0 Å². The van der Waals surface area contributed by atoms with E-state index in [0.717, 1.165) is 33.8 Å². The summed E-state index contributed by atoms with van der Waals surface area (Å²) < 4.78 is 10.3. The lowest BCUT2D eigenvalue weighted by molar-refractivity contribution is -0.117. The molecule has 0 spiro atoms. The molecule has 0 atom stereocenters. The smallest absolute Gasteiger partial charge is 0.244 e. The monoisotopic (exact) mass is 456 g/mol. The van der Waals surface area contributed by atoms with Crippen molar-refractivity contribution < 1.29 is 19.1 Å². The van der Waals surface area contributed by atoms with E-state index in [1.165, 1.54) is 12.2 Å². The highest BCUT2D eigenvalue weighted by atomic mass is 16.5. The Hall–Kier alpha value is -4.32. The molecule has 0 fully saturated rings. The molecule has 2 N–H and O–H groups in total. The minimum Gasteiger partial charge on any atom is -0.497 e. The predicted octanol–water partition coefficient (Wildman–Crippen LogP) is 4.36. The van der Waals surface area contributed by atoms with Crippen LogP contribution in [0.1, 0.15) is 22.3 Å². The maximum Gasteiger partial charge on any atom is 0.244 e. The van der Waals surface area contributed by atoms with Gasteiger partial charge in [0.25, 0.3) is 0 Å². The Morgan fingerprint density at radius 3 is 1.47 bits per heavy atom. The van der Waals surface area contributed by atoms with Gasteiger partial charge in [0.2, 0.25) is 11.8 Å². The van der Waals surface area contributed by atoms with Gasteiger partial charge in [-0.1, -0.05) is 48.5 Å². The molecule has 6 heteroatoms. The number of nitrogens with one attached hydrogen (secondary N) is 2. The molecule has 0 unspecified atom stereocenters. The van der Waals surface area contributed by atoms with E-state index in [0.29, 0.717) is 13.1 Å². The fourth-order valence-corrected chi connectivity index (χ4v) is 3.12. The van der Waals surface area contributed by atoms with Crippen LogP contribution in [0.3, 0.4) is 0 Å². The van der Waals surface area contributed by atoms with Crippen LogP contribution in [-0.4, -0.2) is 26.0 Å². The number of amides is 2. The second kappa shape index (κ2) is 12.6. The van der Waals surface area contributed by atoms with Crippen molar-refractivity contribution in [3.63, 3.8) is 0 Å². The third-order valence-corrected chi connectivity index (χ3v) is 5.01. The van der Waals surface area contributed by atoms with E-state index in [-0.39, 0.29) is 11.8 Å². The Morgan fingerprint density at radius 1 is 0.676 bits per heavy atom. The summed E-state index contributed by atoms with van der Waals surface area (Å²) in [5.41, 5.74) is 3.72. The largest absolute Gasteiger partial charge is 0.497 e. The van der Waals surface area contributed by atoms with Gasteiger partial charge in [-0.3, -0.25) is 9.59 Å². The molecule has 174 valence electrons. The summed E-state index contributed by atoms with van der Waals surface area (Å²) in [6.45, 7) is 0.788. The average molecular weight is 457 g/mol. The first-order chi connectivity index (χ1) is 16.6. The summed E-state index contributed by atoms with van der Waals surface area (Å²) in [5.74, 6) is 1.17. The zero-order chi connectivity index (χ0) is 24.2. The van der Waals surface area contributed by atoms with Gasteiger partial charge in [0, 0.05) is 25.2 Å². The molecule has 0 heterocycles. The second-order valence-electron chi connectivity index (χ2n) is 7.47. The Kier molecular flexibility index (Phi) is 9.05. The highest BCUT2D eigenvalue weighted by molar-refractivity contribution is 5.92. The Labute approximate surface area is 199 Å². The van der Waals surface area contributed by atoms with Crippen LogP contribution in [0, 0.1) is 0 Å². The number of carbonyl (C=O) groups excluding carboxylic acids is 2. The van der Waals surface area contributed by atoms with Crippen molar-refractivity contribution in [2.75, 3.05) is 14.2 Å². The van der Waals surface area contributed by atoms with Gasteiger partial charge in [-0.25, -0.2) is 0 Å². The van der Waals surface area contributed by atoms with Crippen LogP contribution >= 0.6 is 0 Å². The Morgan fingerprint density at radius 2 is 1.09 bits per heavy atom. The van der Waals surface area contributed by atoms with Gasteiger partial charge in [-0.05, 0) is 58.7 Å². The van der Waals surface area contributed by atoms with Crippen molar-refractivity contribution in [3.05, 3.63) is 107 Å². The predicted molar refractivity (Wildman–Crippen MR) is 134 cm³/mol. The maximum atomic E-state index is 12.1. The first kappa shape index (κ1) is 24.3. The van der Waals surface area contributed by atoms with E-state index in [1.54, 1.807) is 26.4 Å². The van der Waals surface area contributed by atoms with Crippen molar-refractivity contribution in [2.24, 2.45) is 0 Å². The molecular formula is C28H28N2O4. The van der Waals surface area contributed by atoms with E-state index in [4.69, 9.17) is 9.47 Å². The van der Waals surface area contributed by atoms with Crippen molar-refractivity contribution in [1.29, 1.82) is 0 Å². The van der Waals surface area contributed by atoms with Gasteiger partial charge >= 0.3 is 0 Å². The molecule has 0 radical (unpaired) electrons. The lowest BCUT2D eigenvalue weighted by Crippen LogP contribution is -2.21. The molecule has 0 saturated carbocycles. The van der Waals surface area contributed by atoms with Crippen LogP contribution in [0.4, 0.5) is 0 Å². The summed E-state index contributed by atoms with van der Waals surface area (Å²) in [7, 11) is 3.23. The number of rotatable bonds is 10. The molecule has 0 aromatic heterocycles. The molecule has 0 saturated heterocycles. The third kappa shape index (κ3) is 7.98. The van der Waals surface area contributed by atoms with Gasteiger partial charge in [0.15, 0.2) is 0 Å². The third-order valence-electron chi connectivity index (χ3n) is 5.01. The number of carbonyl (C=O) groups is 2. The van der Waals surface area contributed by atoms with Crippen molar-refractivity contribution in [3.8, 4) is 11.5 Å². The molecule has 0 aliphatic heterocycles. The van der Waals surface area contributed by atoms with Crippen LogP contribution in [-0.2, 0) is 22.7 Å². The Balaban J connectivity index is 1.45. The zero-order valence-corrected chi connectivity index (χ0v) is 19.3. The second-order valence-corrected chi connectivity index (χ2v) is 7.47. The Bertz CT molecular complexity index is 1060. The minimum atomic E-state index is -0.182. The van der Waals surface area contributed by atoms with E-state index < -0.39 is 0 Å². The molecule has 3 rings (SSSR count). The van der Waals surface area contributed by atoms with Gasteiger partial charge in [0.05, 0.1) is 14.2 Å². The van der Waals surface area contributed by atoms with Crippen LogP contribution in [0.15, 0.2) is 84.9 Å². The maximum absolute atomic E-state index is 12.1. The lowest BCUT2D eigenvalue weighted by atomic mass is 10.1. The average Bonchev–Trinajstić information content (AvgIpc) is 2.89. The highest BCUT2D eigenvalue weighted by Crippen LogP contribution is 2.13. The summed E-state index contributed by atoms with van der Waals surface area (Å²) in [4.78, 5) is 24.3. The van der Waals surface area contributed by atoms with Crippen LogP contribution in [0.5, 0.6) is 11.5 Å². The number of methoxy groups -OCH3 is 2. The summed E-state index contributed by atoms with van der Waals surface area (Å²) in [6.07, 6.45) is 6.50. The molecule has 3 aromatic carbocycles. The number of hydrogen-bond donors (Lipinski definition) is 2. The van der Waals surface area contributed by atoms with E-state index in [2.05, 4.69) is 10.6 Å².